The summed E-state index contributed by atoms with van der Waals surface area (Å²) in [6.07, 6.45) is 1.63. The van der Waals surface area contributed by atoms with Crippen LogP contribution in [0.2, 0.25) is 0 Å². The average molecular weight is 522 g/mol. The third-order valence-electron chi connectivity index (χ3n) is 6.16. The molecule has 0 amide bonds. The van der Waals surface area contributed by atoms with Crippen LogP contribution in [0, 0.1) is 29.9 Å². The molecule has 0 spiro atoms. The van der Waals surface area contributed by atoms with Crippen LogP contribution < -0.4 is 0 Å². The number of carbonyl (C=O) groups excluding carboxylic acids is 1. The predicted octanol–water partition coefficient (Wildman–Crippen LogP) is 9.14. The maximum atomic E-state index is 14.2. The van der Waals surface area contributed by atoms with Gasteiger partial charge in [0.2, 0.25) is 0 Å². The minimum absolute atomic E-state index is 0.166. The molecule has 1 saturated carbocycles. The monoisotopic (exact) mass is 521 g/mol. The molecular weight excluding hydrogens is 477 g/mol. The van der Waals surface area contributed by atoms with Gasteiger partial charge < -0.3 is 5.11 Å². The van der Waals surface area contributed by atoms with Gasteiger partial charge in [0, 0.05) is 30.2 Å². The van der Waals surface area contributed by atoms with E-state index < -0.39 is 35.2 Å². The molecule has 0 unspecified atom stereocenters. The first-order valence-electron chi connectivity index (χ1n) is 12.6. The van der Waals surface area contributed by atoms with Crippen LogP contribution in [0.5, 0.6) is 0 Å². The Balaban J connectivity index is 0.000000608. The molecule has 1 aliphatic rings. The molecule has 3 nitrogen and oxygen atoms in total. The summed E-state index contributed by atoms with van der Waals surface area (Å²) in [6.45, 7) is 14.1. The van der Waals surface area contributed by atoms with Gasteiger partial charge >= 0.3 is 6.18 Å². The Morgan fingerprint density at radius 3 is 1.94 bits per heavy atom. The van der Waals surface area contributed by atoms with E-state index in [4.69, 9.17) is 0 Å². The highest BCUT2D eigenvalue weighted by molar-refractivity contribution is 5.85. The highest BCUT2D eigenvalue weighted by Crippen LogP contribution is 2.40. The topological polar surface area (TPSA) is 49.7 Å². The lowest BCUT2D eigenvalue weighted by Gasteiger charge is -2.26. The number of aliphatic hydroxyl groups is 1. The molecule has 0 atom stereocenters. The van der Waals surface area contributed by atoms with Gasteiger partial charge in [-0.05, 0) is 40.0 Å². The van der Waals surface area contributed by atoms with Crippen LogP contribution in [0.15, 0.2) is 11.1 Å². The quantitative estimate of drug-likeness (QED) is 0.287. The molecule has 0 aromatic heterocycles. The zero-order valence-corrected chi connectivity index (χ0v) is 23.3. The Hall–Kier alpha value is -1.83. The minimum atomic E-state index is -4.29. The number of alkyl halides is 3. The van der Waals surface area contributed by atoms with Crippen LogP contribution >= 0.6 is 0 Å². The number of ketones is 1. The summed E-state index contributed by atoms with van der Waals surface area (Å²) >= 11 is 0. The summed E-state index contributed by atoms with van der Waals surface area (Å²) in [5, 5.41) is 9.82. The van der Waals surface area contributed by atoms with Crippen molar-refractivity contribution in [3.8, 4) is 0 Å². The van der Waals surface area contributed by atoms with E-state index in [1.165, 1.54) is 39.2 Å². The third kappa shape index (κ3) is 11.1. The Morgan fingerprint density at radius 2 is 1.61 bits per heavy atom. The first-order chi connectivity index (χ1) is 16.3. The second-order valence-corrected chi connectivity index (χ2v) is 10.8. The molecule has 208 valence electrons. The van der Waals surface area contributed by atoms with Crippen LogP contribution in [0.3, 0.4) is 0 Å². The summed E-state index contributed by atoms with van der Waals surface area (Å²) in [6, 6.07) is 1.19. The van der Waals surface area contributed by atoms with Gasteiger partial charge in [0.1, 0.15) is 17.4 Å². The van der Waals surface area contributed by atoms with Crippen molar-refractivity contribution in [2.24, 2.45) is 16.3 Å². The average Bonchev–Trinajstić information content (AvgIpc) is 2.69. The van der Waals surface area contributed by atoms with Crippen molar-refractivity contribution >= 4 is 17.2 Å². The zero-order chi connectivity index (χ0) is 28.5. The van der Waals surface area contributed by atoms with E-state index in [-0.39, 0.29) is 29.0 Å². The predicted molar refractivity (Wildman–Crippen MR) is 137 cm³/mol. The van der Waals surface area contributed by atoms with Crippen molar-refractivity contribution in [3.63, 3.8) is 0 Å². The third-order valence-corrected chi connectivity index (χ3v) is 6.16. The maximum absolute atomic E-state index is 14.2. The van der Waals surface area contributed by atoms with Crippen LogP contribution in [-0.2, 0) is 10.4 Å². The normalized spacial score (nSPS) is 14.8. The molecule has 1 aromatic carbocycles. The van der Waals surface area contributed by atoms with Crippen LogP contribution in [0.4, 0.5) is 27.6 Å². The molecule has 36 heavy (non-hydrogen) atoms. The summed E-state index contributed by atoms with van der Waals surface area (Å²) in [5.41, 5.74) is -2.37. The lowest BCUT2D eigenvalue weighted by molar-refractivity contribution is -0.213. The number of rotatable bonds is 7. The summed E-state index contributed by atoms with van der Waals surface area (Å²) in [5.74, 6) is -0.776. The van der Waals surface area contributed by atoms with Gasteiger partial charge in [0.05, 0.1) is 22.3 Å². The van der Waals surface area contributed by atoms with Gasteiger partial charge in [-0.15, -0.1) is 0 Å². The Kier molecular flexibility index (Phi) is 13.5. The van der Waals surface area contributed by atoms with E-state index in [1.807, 2.05) is 13.8 Å². The molecule has 1 N–H and O–H groups in total. The minimum Gasteiger partial charge on any atom is -0.386 e. The van der Waals surface area contributed by atoms with Crippen molar-refractivity contribution in [1.29, 1.82) is 0 Å². The Morgan fingerprint density at radius 1 is 1.11 bits per heavy atom. The number of hydrogen-bond donors (Lipinski definition) is 1. The molecule has 0 saturated heterocycles. The molecule has 8 heteroatoms. The number of benzene rings is 1. The SMILES string of the molecule is CC1CCC1.CCC(=O)CC(C)(C)C(F)(F)F.CCCC(C)=Nc1cc(F)c(C(C)(C)O)c(F)c1C. The highest BCUT2D eigenvalue weighted by Gasteiger charge is 2.47. The molecule has 2 rings (SSSR count). The molecule has 0 bridgehead atoms. The zero-order valence-electron chi connectivity index (χ0n) is 23.3. The van der Waals surface area contributed by atoms with Crippen molar-refractivity contribution in [3.05, 3.63) is 28.8 Å². The first kappa shape index (κ1) is 34.2. The van der Waals surface area contributed by atoms with Crippen LogP contribution in [-0.4, -0.2) is 22.8 Å². The van der Waals surface area contributed by atoms with Gasteiger partial charge in [0.15, 0.2) is 0 Å². The highest BCUT2D eigenvalue weighted by atomic mass is 19.4. The van der Waals surface area contributed by atoms with Gasteiger partial charge in [0.25, 0.3) is 0 Å². The standard InChI is InChI=1S/C15H21F2NO.C8H13F3O.C5H10/c1-6-7-9(2)18-12-8-11(16)13(15(4,5)19)14(17)10(12)3;1-4-6(12)5-7(2,3)8(9,10)11;1-5-3-2-4-5/h8,19H,6-7H2,1-5H3;4-5H2,1-3H3;5H,2-4H2,1H3. The van der Waals surface area contributed by atoms with Gasteiger partial charge in [-0.1, -0.05) is 60.3 Å². The number of aliphatic imine (C=N–C) groups is 1. The lowest BCUT2D eigenvalue weighted by atomic mass is 9.86. The van der Waals surface area contributed by atoms with Crippen molar-refractivity contribution in [2.75, 3.05) is 0 Å². The van der Waals surface area contributed by atoms with Gasteiger partial charge in [-0.2, -0.15) is 13.2 Å². The fraction of sp³-hybridized carbons (Fsp3) is 0.714. The number of nitrogens with zero attached hydrogens (tertiary/aromatic N) is 1. The fourth-order valence-corrected chi connectivity index (χ4v) is 3.34. The molecule has 1 fully saturated rings. The van der Waals surface area contributed by atoms with Gasteiger partial charge in [-0.3, -0.25) is 9.79 Å². The van der Waals surface area contributed by atoms with Crippen LogP contribution in [0.1, 0.15) is 111 Å². The maximum Gasteiger partial charge on any atom is 0.394 e. The first-order valence-corrected chi connectivity index (χ1v) is 12.6. The van der Waals surface area contributed by atoms with Crippen LogP contribution in [0.25, 0.3) is 0 Å². The second kappa shape index (κ2) is 14.2. The number of Topliss-reactive ketones (excluding diaryl/α,β-unsaturated/α-hetero) is 1. The van der Waals surface area contributed by atoms with Crippen molar-refractivity contribution in [2.45, 2.75) is 119 Å². The molecule has 0 aliphatic heterocycles. The molecule has 0 radical (unpaired) electrons. The van der Waals surface area contributed by atoms with E-state index in [0.29, 0.717) is 0 Å². The van der Waals surface area contributed by atoms with E-state index in [2.05, 4.69) is 11.9 Å². The molecular formula is C28H44F5NO2. The molecule has 1 aliphatic carbocycles. The van der Waals surface area contributed by atoms with E-state index in [9.17, 15) is 31.9 Å². The number of halogens is 5. The molecule has 1 aromatic rings. The lowest BCUT2D eigenvalue weighted by Crippen LogP contribution is -2.34. The summed E-state index contributed by atoms with van der Waals surface area (Å²) in [7, 11) is 0. The number of carbonyl (C=O) groups is 1. The smallest absolute Gasteiger partial charge is 0.386 e. The molecule has 0 heterocycles. The van der Waals surface area contributed by atoms with E-state index in [1.54, 1.807) is 13.8 Å². The fourth-order valence-electron chi connectivity index (χ4n) is 3.34. The van der Waals surface area contributed by atoms with E-state index >= 15 is 0 Å². The Labute approximate surface area is 213 Å². The number of hydrogen-bond acceptors (Lipinski definition) is 3. The Bertz CT molecular complexity index is 879. The van der Waals surface area contributed by atoms with Crippen molar-refractivity contribution in [1.82, 2.24) is 0 Å². The van der Waals surface area contributed by atoms with E-state index in [0.717, 1.165) is 38.3 Å². The second-order valence-electron chi connectivity index (χ2n) is 10.8. The summed E-state index contributed by atoms with van der Waals surface area (Å²) in [4.78, 5) is 15.0. The van der Waals surface area contributed by atoms with Gasteiger partial charge in [-0.25, -0.2) is 8.78 Å². The van der Waals surface area contributed by atoms with Crippen molar-refractivity contribution < 1.29 is 31.9 Å². The largest absolute Gasteiger partial charge is 0.394 e. The summed E-state index contributed by atoms with van der Waals surface area (Å²) < 4.78 is 64.7.